The van der Waals surface area contributed by atoms with E-state index < -0.39 is 12.1 Å². The van der Waals surface area contributed by atoms with Crippen LogP contribution in [0.3, 0.4) is 0 Å². The minimum absolute atomic E-state index is 0.0527. The molecule has 0 aromatic heterocycles. The zero-order valence-corrected chi connectivity index (χ0v) is 8.59. The summed E-state index contributed by atoms with van der Waals surface area (Å²) in [4.78, 5) is 22.0. The Morgan fingerprint density at radius 3 is 2.23 bits per heavy atom. The molecule has 0 fully saturated rings. The van der Waals surface area contributed by atoms with Gasteiger partial charge in [0.05, 0.1) is 12.6 Å². The predicted octanol–water partition coefficient (Wildman–Crippen LogP) is 1.35. The minimum Gasteiger partial charge on any atom is -0.450 e. The molecule has 0 spiro atoms. The second kappa shape index (κ2) is 5.56. The van der Waals surface area contributed by atoms with Crippen LogP contribution in [0.25, 0.3) is 0 Å². The van der Waals surface area contributed by atoms with Crippen LogP contribution in [0.2, 0.25) is 0 Å². The number of Topliss-reactive ketones (excluding diaryl/α,β-unsaturated/α-hetero) is 1. The summed E-state index contributed by atoms with van der Waals surface area (Å²) in [5, 5.41) is 2.51. The summed E-state index contributed by atoms with van der Waals surface area (Å²) < 4.78 is 4.67. The van der Waals surface area contributed by atoms with Crippen LogP contribution in [0.15, 0.2) is 0 Å². The van der Waals surface area contributed by atoms with Gasteiger partial charge in [0.25, 0.3) is 0 Å². The molecule has 1 N–H and O–H groups in total. The van der Waals surface area contributed by atoms with E-state index in [1.54, 1.807) is 6.92 Å². The van der Waals surface area contributed by atoms with E-state index in [9.17, 15) is 9.59 Å². The van der Waals surface area contributed by atoms with Gasteiger partial charge in [-0.2, -0.15) is 0 Å². The summed E-state index contributed by atoms with van der Waals surface area (Å²) in [6, 6.07) is -0.445. The van der Waals surface area contributed by atoms with E-state index >= 15 is 0 Å². The number of ether oxygens (including phenoxy) is 1. The third-order valence-electron chi connectivity index (χ3n) is 1.65. The van der Waals surface area contributed by atoms with E-state index in [0.29, 0.717) is 6.61 Å². The third kappa shape index (κ3) is 4.50. The second-order valence-corrected chi connectivity index (χ2v) is 3.20. The number of hydrogen-bond acceptors (Lipinski definition) is 3. The van der Waals surface area contributed by atoms with Gasteiger partial charge in [0, 0.05) is 0 Å². The molecule has 1 amide bonds. The van der Waals surface area contributed by atoms with Crippen molar-refractivity contribution in [3.05, 3.63) is 0 Å². The van der Waals surface area contributed by atoms with Crippen molar-refractivity contribution in [3.8, 4) is 0 Å². The highest BCUT2D eigenvalue weighted by atomic mass is 16.5. The smallest absolute Gasteiger partial charge is 0.407 e. The average Bonchev–Trinajstić information content (AvgIpc) is 1.99. The molecule has 1 atom stereocenters. The minimum atomic E-state index is -0.531. The molecule has 1 unspecified atom stereocenters. The molecule has 0 aromatic carbocycles. The fourth-order valence-electron chi connectivity index (χ4n) is 1.04. The number of nitrogens with one attached hydrogen (secondary N) is 1. The lowest BCUT2D eigenvalue weighted by atomic mass is 10.0. The predicted molar refractivity (Wildman–Crippen MR) is 49.5 cm³/mol. The summed E-state index contributed by atoms with van der Waals surface area (Å²) >= 11 is 0. The number of ketones is 1. The lowest BCUT2D eigenvalue weighted by Crippen LogP contribution is -2.43. The molecular weight excluding hydrogens is 170 g/mol. The van der Waals surface area contributed by atoms with Crippen molar-refractivity contribution < 1.29 is 14.3 Å². The SMILES string of the molecule is CCOC(=O)NC(C(C)=O)C(C)C. The topological polar surface area (TPSA) is 55.4 Å². The zero-order chi connectivity index (χ0) is 10.4. The van der Waals surface area contributed by atoms with E-state index in [0.717, 1.165) is 0 Å². The Hall–Kier alpha value is -1.06. The van der Waals surface area contributed by atoms with Gasteiger partial charge in [-0.3, -0.25) is 4.79 Å². The van der Waals surface area contributed by atoms with Gasteiger partial charge in [-0.25, -0.2) is 4.79 Å². The molecule has 76 valence electrons. The standard InChI is InChI=1S/C9H17NO3/c1-5-13-9(12)10-8(6(2)3)7(4)11/h6,8H,5H2,1-4H3,(H,10,12). The third-order valence-corrected chi connectivity index (χ3v) is 1.65. The number of hydrogen-bond donors (Lipinski definition) is 1. The Morgan fingerprint density at radius 2 is 1.92 bits per heavy atom. The Kier molecular flexibility index (Phi) is 5.11. The van der Waals surface area contributed by atoms with Gasteiger partial charge in [-0.05, 0) is 19.8 Å². The van der Waals surface area contributed by atoms with Gasteiger partial charge < -0.3 is 10.1 Å². The average molecular weight is 187 g/mol. The molecule has 0 rings (SSSR count). The Balaban J connectivity index is 4.10. The lowest BCUT2D eigenvalue weighted by Gasteiger charge is -2.18. The van der Waals surface area contributed by atoms with Crippen LogP contribution in [0.4, 0.5) is 4.79 Å². The molecule has 13 heavy (non-hydrogen) atoms. The molecule has 0 aliphatic rings. The maximum atomic E-state index is 11.1. The molecule has 0 bridgehead atoms. The van der Waals surface area contributed by atoms with E-state index in [-0.39, 0.29) is 11.7 Å². The first-order valence-electron chi connectivity index (χ1n) is 4.42. The van der Waals surface area contributed by atoms with Gasteiger partial charge >= 0.3 is 6.09 Å². The summed E-state index contributed by atoms with van der Waals surface area (Å²) in [6.07, 6.45) is -0.531. The first-order chi connectivity index (χ1) is 5.99. The highest BCUT2D eigenvalue weighted by Gasteiger charge is 2.20. The van der Waals surface area contributed by atoms with Gasteiger partial charge in [-0.1, -0.05) is 13.8 Å². The molecular formula is C9H17NO3. The van der Waals surface area contributed by atoms with Crippen molar-refractivity contribution in [1.29, 1.82) is 0 Å². The van der Waals surface area contributed by atoms with Crippen LogP contribution in [-0.2, 0) is 9.53 Å². The highest BCUT2D eigenvalue weighted by Crippen LogP contribution is 2.02. The molecule has 4 nitrogen and oxygen atoms in total. The Morgan fingerprint density at radius 1 is 1.38 bits per heavy atom. The molecule has 0 radical (unpaired) electrons. The number of carbonyl (C=O) groups excluding carboxylic acids is 2. The van der Waals surface area contributed by atoms with Crippen LogP contribution in [0.5, 0.6) is 0 Å². The van der Waals surface area contributed by atoms with Gasteiger partial charge in [-0.15, -0.1) is 0 Å². The fraction of sp³-hybridized carbons (Fsp3) is 0.778. The van der Waals surface area contributed by atoms with Crippen molar-refractivity contribution in [2.24, 2.45) is 5.92 Å². The van der Waals surface area contributed by atoms with Gasteiger partial charge in [0.15, 0.2) is 5.78 Å². The summed E-state index contributed by atoms with van der Waals surface area (Å²) in [6.45, 7) is 7.24. The zero-order valence-electron chi connectivity index (χ0n) is 8.59. The molecule has 4 heteroatoms. The van der Waals surface area contributed by atoms with Crippen molar-refractivity contribution in [1.82, 2.24) is 5.32 Å². The van der Waals surface area contributed by atoms with Crippen LogP contribution in [0.1, 0.15) is 27.7 Å². The highest BCUT2D eigenvalue weighted by molar-refractivity contribution is 5.85. The van der Waals surface area contributed by atoms with Crippen LogP contribution < -0.4 is 5.32 Å². The molecule has 0 saturated heterocycles. The summed E-state index contributed by atoms with van der Waals surface area (Å²) in [5.74, 6) is 0.0324. The first-order valence-corrected chi connectivity index (χ1v) is 4.42. The first kappa shape index (κ1) is 11.9. The lowest BCUT2D eigenvalue weighted by molar-refractivity contribution is -0.119. The van der Waals surface area contributed by atoms with Crippen molar-refractivity contribution in [2.75, 3.05) is 6.61 Å². The maximum Gasteiger partial charge on any atom is 0.407 e. The molecule has 0 heterocycles. The van der Waals surface area contributed by atoms with E-state index in [1.165, 1.54) is 6.92 Å². The van der Waals surface area contributed by atoms with Crippen molar-refractivity contribution >= 4 is 11.9 Å². The van der Waals surface area contributed by atoms with Gasteiger partial charge in [0.2, 0.25) is 0 Å². The Bertz CT molecular complexity index is 189. The number of carbonyl (C=O) groups is 2. The van der Waals surface area contributed by atoms with Crippen molar-refractivity contribution in [2.45, 2.75) is 33.7 Å². The largest absolute Gasteiger partial charge is 0.450 e. The quantitative estimate of drug-likeness (QED) is 0.722. The molecule has 0 aliphatic carbocycles. The Labute approximate surface area is 78.6 Å². The molecule has 0 saturated carbocycles. The fourth-order valence-corrected chi connectivity index (χ4v) is 1.04. The van der Waals surface area contributed by atoms with Crippen molar-refractivity contribution in [3.63, 3.8) is 0 Å². The van der Waals surface area contributed by atoms with E-state index in [1.807, 2.05) is 13.8 Å². The van der Waals surface area contributed by atoms with Crippen LogP contribution in [0, 0.1) is 5.92 Å². The maximum absolute atomic E-state index is 11.1. The molecule has 0 aliphatic heterocycles. The normalized spacial score (nSPS) is 12.4. The van der Waals surface area contributed by atoms with Crippen LogP contribution in [-0.4, -0.2) is 24.5 Å². The van der Waals surface area contributed by atoms with E-state index in [4.69, 9.17) is 0 Å². The number of amides is 1. The summed E-state index contributed by atoms with van der Waals surface area (Å²) in [7, 11) is 0. The second-order valence-electron chi connectivity index (χ2n) is 3.20. The number of alkyl carbamates (subject to hydrolysis) is 1. The van der Waals surface area contributed by atoms with E-state index in [2.05, 4.69) is 10.1 Å². The van der Waals surface area contributed by atoms with Crippen LogP contribution >= 0.6 is 0 Å². The molecule has 0 aromatic rings. The number of rotatable bonds is 4. The van der Waals surface area contributed by atoms with Gasteiger partial charge in [0.1, 0.15) is 0 Å². The summed E-state index contributed by atoms with van der Waals surface area (Å²) in [5.41, 5.74) is 0. The monoisotopic (exact) mass is 187 g/mol.